The topological polar surface area (TPSA) is 237 Å². The molecule has 0 saturated carbocycles. The first kappa shape index (κ1) is 87.1. The molecule has 528 valence electrons. The molecule has 0 aliphatic carbocycles. The van der Waals surface area contributed by atoms with Crippen LogP contribution in [0.1, 0.15) is 344 Å². The molecule has 5 atom stereocenters. The van der Waals surface area contributed by atoms with Crippen LogP contribution in [0, 0.1) is 23.7 Å². The Kier molecular flexibility index (Phi) is 58.5. The number of unbranched alkanes of at least 4 members (excludes halogenated alkanes) is 33. The third-order valence-electron chi connectivity index (χ3n) is 16.1. The molecule has 0 aromatic heterocycles. The van der Waals surface area contributed by atoms with Crippen molar-refractivity contribution in [1.82, 2.24) is 0 Å². The van der Waals surface area contributed by atoms with Crippen LogP contribution in [0.5, 0.6) is 0 Å². The van der Waals surface area contributed by atoms with Gasteiger partial charge in [-0.2, -0.15) is 0 Å². The first-order chi connectivity index (χ1) is 42.6. The lowest BCUT2D eigenvalue weighted by Gasteiger charge is -2.21. The number of aliphatic hydroxyl groups is 1. The summed E-state index contributed by atoms with van der Waals surface area (Å²) in [5.41, 5.74) is 0. The van der Waals surface area contributed by atoms with E-state index in [0.717, 1.165) is 102 Å². The second kappa shape index (κ2) is 59.8. The highest BCUT2D eigenvalue weighted by molar-refractivity contribution is 7.47. The van der Waals surface area contributed by atoms with Crippen LogP contribution in [0.25, 0.3) is 0 Å². The standard InChI is InChI=1S/C70H136O17P2/c1-60(2)46-38-30-22-19-17-15-13-11-9-10-12-14-16-18-20-24-34-42-50-67(72)80-56-66(87-70(75)53-45-37-29-27-33-41-49-63(7)8)59-85-89(78,79)83-55-64(71)54-82-88(76,77)84-58-65(57-81-68(73)51-43-35-28-26-32-40-48-62(5)6)86-69(74)52-44-36-25-21-23-31-39-47-61(3)4/h60-66,71H,9-59H2,1-8H3,(H,76,77)(H,78,79)/t64-,65+,66+/m0/s1. The monoisotopic (exact) mass is 1310 g/mol. The van der Waals surface area contributed by atoms with E-state index >= 15 is 0 Å². The lowest BCUT2D eigenvalue weighted by Crippen LogP contribution is -2.30. The first-order valence-corrected chi connectivity index (χ1v) is 39.2. The zero-order valence-electron chi connectivity index (χ0n) is 58.1. The molecule has 0 saturated heterocycles. The van der Waals surface area contributed by atoms with Gasteiger partial charge in [0.25, 0.3) is 0 Å². The van der Waals surface area contributed by atoms with E-state index < -0.39 is 97.5 Å². The highest BCUT2D eigenvalue weighted by Gasteiger charge is 2.30. The van der Waals surface area contributed by atoms with Gasteiger partial charge >= 0.3 is 39.5 Å². The van der Waals surface area contributed by atoms with Gasteiger partial charge in [0.15, 0.2) is 12.2 Å². The van der Waals surface area contributed by atoms with Crippen molar-refractivity contribution >= 4 is 39.5 Å². The zero-order valence-corrected chi connectivity index (χ0v) is 59.8. The van der Waals surface area contributed by atoms with E-state index in [9.17, 15) is 43.2 Å². The number of hydrogen-bond donors (Lipinski definition) is 3. The van der Waals surface area contributed by atoms with Crippen LogP contribution in [0.4, 0.5) is 0 Å². The number of hydrogen-bond acceptors (Lipinski definition) is 15. The molecule has 0 spiro atoms. The number of carbonyl (C=O) groups is 4. The average Bonchev–Trinajstić information content (AvgIpc) is 3.48. The van der Waals surface area contributed by atoms with Gasteiger partial charge in [0, 0.05) is 25.7 Å². The second-order valence-corrected chi connectivity index (χ2v) is 30.1. The van der Waals surface area contributed by atoms with E-state index in [2.05, 4.69) is 55.4 Å². The molecule has 3 N–H and O–H groups in total. The maximum atomic E-state index is 13.0. The number of esters is 4. The summed E-state index contributed by atoms with van der Waals surface area (Å²) in [6.07, 6.45) is 42.4. The highest BCUT2D eigenvalue weighted by atomic mass is 31.2. The molecule has 17 nitrogen and oxygen atoms in total. The van der Waals surface area contributed by atoms with Crippen LogP contribution in [0.3, 0.4) is 0 Å². The van der Waals surface area contributed by atoms with E-state index in [1.807, 2.05) is 0 Å². The fourth-order valence-corrected chi connectivity index (χ4v) is 12.1. The van der Waals surface area contributed by atoms with Gasteiger partial charge in [-0.05, 0) is 49.4 Å². The summed E-state index contributed by atoms with van der Waals surface area (Å²) in [6.45, 7) is 13.9. The molecule has 0 bridgehead atoms. The molecule has 0 aliphatic rings. The van der Waals surface area contributed by atoms with Gasteiger partial charge < -0.3 is 33.8 Å². The SMILES string of the molecule is CC(C)CCCCCCCCCCCCCCCCCCCCC(=O)OC[C@H](COP(=O)(O)OC[C@@H](O)COP(=O)(O)OC[C@@H](COC(=O)CCCCCCCCC(C)C)OC(=O)CCCCCCCCCC(C)C)OC(=O)CCCCCCCCC(C)C. The smallest absolute Gasteiger partial charge is 0.462 e. The number of aliphatic hydroxyl groups excluding tert-OH is 1. The second-order valence-electron chi connectivity index (χ2n) is 27.2. The molecule has 0 amide bonds. The molecule has 0 rings (SSSR count). The summed E-state index contributed by atoms with van der Waals surface area (Å²) in [4.78, 5) is 72.3. The molecule has 0 aromatic rings. The summed E-state index contributed by atoms with van der Waals surface area (Å²) in [5, 5.41) is 10.6. The van der Waals surface area contributed by atoms with Gasteiger partial charge in [0.2, 0.25) is 0 Å². The zero-order chi connectivity index (χ0) is 66.1. The van der Waals surface area contributed by atoms with Gasteiger partial charge in [-0.1, -0.05) is 293 Å². The van der Waals surface area contributed by atoms with E-state index in [0.29, 0.717) is 43.4 Å². The van der Waals surface area contributed by atoms with E-state index in [1.54, 1.807) is 0 Å². The number of phosphoric acid groups is 2. The Morgan fingerprint density at radius 2 is 0.472 bits per heavy atom. The first-order valence-electron chi connectivity index (χ1n) is 36.2. The highest BCUT2D eigenvalue weighted by Crippen LogP contribution is 2.45. The molecule has 19 heteroatoms. The van der Waals surface area contributed by atoms with E-state index in [4.69, 9.17) is 37.0 Å². The minimum absolute atomic E-state index is 0.102. The molecule has 2 unspecified atom stereocenters. The maximum Gasteiger partial charge on any atom is 0.472 e. The summed E-state index contributed by atoms with van der Waals surface area (Å²) in [5.74, 6) is 0.728. The van der Waals surface area contributed by atoms with Gasteiger partial charge in [0.1, 0.15) is 19.3 Å². The number of phosphoric ester groups is 2. The van der Waals surface area contributed by atoms with Crippen molar-refractivity contribution < 1.29 is 80.2 Å². The van der Waals surface area contributed by atoms with Gasteiger partial charge in [0.05, 0.1) is 26.4 Å². The quantitative estimate of drug-likeness (QED) is 0.0222. The van der Waals surface area contributed by atoms with Crippen molar-refractivity contribution in [2.45, 2.75) is 363 Å². The number of carbonyl (C=O) groups excluding carboxylic acids is 4. The minimum atomic E-state index is -4.95. The molecule has 0 aliphatic heterocycles. The van der Waals surface area contributed by atoms with Crippen molar-refractivity contribution in [2.24, 2.45) is 23.7 Å². The summed E-state index contributed by atoms with van der Waals surface area (Å²) in [7, 11) is -9.90. The fraction of sp³-hybridized carbons (Fsp3) is 0.943. The van der Waals surface area contributed by atoms with Crippen molar-refractivity contribution in [3.63, 3.8) is 0 Å². The van der Waals surface area contributed by atoms with Crippen LogP contribution >= 0.6 is 15.6 Å². The maximum absolute atomic E-state index is 13.0. The molecule has 0 heterocycles. The fourth-order valence-electron chi connectivity index (χ4n) is 10.5. The van der Waals surface area contributed by atoms with Crippen LogP contribution < -0.4 is 0 Å². The molecular formula is C70H136O17P2. The van der Waals surface area contributed by atoms with Crippen molar-refractivity contribution in [2.75, 3.05) is 39.6 Å². The van der Waals surface area contributed by atoms with Crippen molar-refractivity contribution in [1.29, 1.82) is 0 Å². The lowest BCUT2D eigenvalue weighted by molar-refractivity contribution is -0.161. The predicted molar refractivity (Wildman–Crippen MR) is 358 cm³/mol. The van der Waals surface area contributed by atoms with Crippen LogP contribution in [0.2, 0.25) is 0 Å². The molecule has 89 heavy (non-hydrogen) atoms. The Hall–Kier alpha value is -1.94. The predicted octanol–water partition coefficient (Wildman–Crippen LogP) is 19.7. The summed E-state index contributed by atoms with van der Waals surface area (Å²) in [6, 6.07) is 0. The van der Waals surface area contributed by atoms with E-state index in [1.165, 1.54) is 141 Å². The Labute approximate surface area is 543 Å². The molecule has 0 radical (unpaired) electrons. The number of ether oxygens (including phenoxy) is 4. The normalized spacial score (nSPS) is 14.3. The average molecular weight is 1310 g/mol. The van der Waals surface area contributed by atoms with Crippen molar-refractivity contribution in [3.05, 3.63) is 0 Å². The van der Waals surface area contributed by atoms with Crippen LogP contribution in [-0.2, 0) is 65.4 Å². The Morgan fingerprint density at radius 1 is 0.281 bits per heavy atom. The number of rotatable bonds is 67. The Balaban J connectivity index is 5.09. The van der Waals surface area contributed by atoms with Crippen LogP contribution in [0.15, 0.2) is 0 Å². The van der Waals surface area contributed by atoms with Crippen LogP contribution in [-0.4, -0.2) is 96.7 Å². The Morgan fingerprint density at radius 3 is 0.697 bits per heavy atom. The summed E-state index contributed by atoms with van der Waals surface area (Å²) < 4.78 is 68.1. The Bertz CT molecular complexity index is 1760. The largest absolute Gasteiger partial charge is 0.472 e. The van der Waals surface area contributed by atoms with Gasteiger partial charge in [-0.15, -0.1) is 0 Å². The van der Waals surface area contributed by atoms with Crippen molar-refractivity contribution in [3.8, 4) is 0 Å². The third-order valence-corrected chi connectivity index (χ3v) is 18.0. The molecule has 0 aromatic carbocycles. The van der Waals surface area contributed by atoms with Gasteiger partial charge in [-0.3, -0.25) is 37.3 Å². The third kappa shape index (κ3) is 64.6. The lowest BCUT2D eigenvalue weighted by atomic mass is 10.0. The minimum Gasteiger partial charge on any atom is -0.462 e. The molecular weight excluding hydrogens is 1170 g/mol. The van der Waals surface area contributed by atoms with Gasteiger partial charge in [-0.25, -0.2) is 9.13 Å². The molecule has 0 fully saturated rings. The summed E-state index contributed by atoms with van der Waals surface area (Å²) >= 11 is 0. The van der Waals surface area contributed by atoms with E-state index in [-0.39, 0.29) is 25.7 Å².